The van der Waals surface area contributed by atoms with Gasteiger partial charge in [0.2, 0.25) is 5.95 Å². The first-order chi connectivity index (χ1) is 5.24. The van der Waals surface area contributed by atoms with Crippen molar-refractivity contribution in [3.63, 3.8) is 0 Å². The van der Waals surface area contributed by atoms with Crippen LogP contribution in [0.15, 0.2) is 12.3 Å². The molecule has 60 valence electrons. The van der Waals surface area contributed by atoms with Crippen molar-refractivity contribution in [2.24, 2.45) is 0 Å². The zero-order valence-corrected chi connectivity index (χ0v) is 7.00. The molecule has 0 aliphatic heterocycles. The minimum Gasteiger partial charge on any atom is -0.363 e. The van der Waals surface area contributed by atoms with Crippen LogP contribution in [0.1, 0.15) is 0 Å². The molecule has 0 aliphatic rings. The average Bonchev–Trinajstić information content (AvgIpc) is 2.05. The van der Waals surface area contributed by atoms with Crippen LogP contribution in [0, 0.1) is 0 Å². The van der Waals surface area contributed by atoms with Gasteiger partial charge in [0, 0.05) is 27.3 Å². The first-order valence-corrected chi connectivity index (χ1v) is 3.42. The van der Waals surface area contributed by atoms with E-state index in [9.17, 15) is 0 Å². The molecule has 0 aliphatic carbocycles. The van der Waals surface area contributed by atoms with Crippen LogP contribution in [-0.2, 0) is 0 Å². The smallest absolute Gasteiger partial charge is 0.224 e. The molecule has 1 N–H and O–H groups in total. The lowest BCUT2D eigenvalue weighted by atomic mass is 10.5. The molecule has 0 unspecified atom stereocenters. The Morgan fingerprint density at radius 2 is 2.18 bits per heavy atom. The van der Waals surface area contributed by atoms with Crippen molar-refractivity contribution in [1.29, 1.82) is 0 Å². The molecule has 0 amide bonds. The van der Waals surface area contributed by atoms with E-state index < -0.39 is 0 Å². The van der Waals surface area contributed by atoms with E-state index in [4.69, 9.17) is 0 Å². The van der Waals surface area contributed by atoms with Crippen LogP contribution in [-0.4, -0.2) is 31.1 Å². The minimum absolute atomic E-state index is 0.649. The highest BCUT2D eigenvalue weighted by Crippen LogP contribution is 2.06. The largest absolute Gasteiger partial charge is 0.363 e. The Kier molecular flexibility index (Phi) is 2.25. The third kappa shape index (κ3) is 1.80. The van der Waals surface area contributed by atoms with Crippen LogP contribution in [0.3, 0.4) is 0 Å². The minimum atomic E-state index is 0.649. The van der Waals surface area contributed by atoms with Crippen LogP contribution >= 0.6 is 0 Å². The molecule has 1 heterocycles. The Balaban J connectivity index is 2.91. The van der Waals surface area contributed by atoms with Gasteiger partial charge in [-0.25, -0.2) is 4.98 Å². The second kappa shape index (κ2) is 3.18. The summed E-state index contributed by atoms with van der Waals surface area (Å²) in [5.41, 5.74) is 0. The van der Waals surface area contributed by atoms with E-state index in [1.807, 2.05) is 25.1 Å². The zero-order valence-electron chi connectivity index (χ0n) is 7.00. The Hall–Kier alpha value is -1.32. The molecule has 0 spiro atoms. The van der Waals surface area contributed by atoms with Gasteiger partial charge < -0.3 is 10.2 Å². The molecular weight excluding hydrogens is 140 g/mol. The fraction of sp³-hybridized carbons (Fsp3) is 0.429. The van der Waals surface area contributed by atoms with Gasteiger partial charge in [-0.15, -0.1) is 0 Å². The van der Waals surface area contributed by atoms with Gasteiger partial charge in [0.15, 0.2) is 0 Å². The highest BCUT2D eigenvalue weighted by atomic mass is 15.2. The lowest BCUT2D eigenvalue weighted by Gasteiger charge is -2.10. The molecule has 0 radical (unpaired) electrons. The van der Waals surface area contributed by atoms with E-state index in [1.54, 1.807) is 13.2 Å². The quantitative estimate of drug-likeness (QED) is 0.673. The highest BCUT2D eigenvalue weighted by Gasteiger charge is 1.96. The van der Waals surface area contributed by atoms with Crippen LogP contribution in [0.2, 0.25) is 0 Å². The zero-order chi connectivity index (χ0) is 8.27. The Morgan fingerprint density at radius 3 is 2.73 bits per heavy atom. The molecule has 1 aromatic rings. The van der Waals surface area contributed by atoms with Crippen molar-refractivity contribution in [2.45, 2.75) is 0 Å². The van der Waals surface area contributed by atoms with Crippen molar-refractivity contribution in [1.82, 2.24) is 9.97 Å². The van der Waals surface area contributed by atoms with E-state index in [2.05, 4.69) is 15.3 Å². The van der Waals surface area contributed by atoms with Crippen molar-refractivity contribution < 1.29 is 0 Å². The second-order valence-corrected chi connectivity index (χ2v) is 2.38. The first kappa shape index (κ1) is 7.78. The van der Waals surface area contributed by atoms with Gasteiger partial charge in [-0.2, -0.15) is 4.98 Å². The van der Waals surface area contributed by atoms with Crippen molar-refractivity contribution in [3.8, 4) is 0 Å². The van der Waals surface area contributed by atoms with Gasteiger partial charge in [0.1, 0.15) is 5.82 Å². The molecule has 0 saturated carbocycles. The molecule has 0 aromatic carbocycles. The molecule has 4 nitrogen and oxygen atoms in total. The maximum absolute atomic E-state index is 4.19. The molecule has 0 fully saturated rings. The number of nitrogens with zero attached hydrogens (tertiary/aromatic N) is 3. The lowest BCUT2D eigenvalue weighted by Crippen LogP contribution is -2.11. The van der Waals surface area contributed by atoms with Crippen molar-refractivity contribution in [3.05, 3.63) is 12.3 Å². The normalized spacial score (nSPS) is 9.36. The Morgan fingerprint density at radius 1 is 1.45 bits per heavy atom. The predicted octanol–water partition coefficient (Wildman–Crippen LogP) is 0.584. The molecule has 1 rings (SSSR count). The third-order valence-corrected chi connectivity index (χ3v) is 1.32. The van der Waals surface area contributed by atoms with Gasteiger partial charge in [-0.05, 0) is 6.07 Å². The van der Waals surface area contributed by atoms with Crippen LogP contribution < -0.4 is 10.2 Å². The van der Waals surface area contributed by atoms with Crippen molar-refractivity contribution in [2.75, 3.05) is 31.4 Å². The number of anilines is 2. The van der Waals surface area contributed by atoms with E-state index in [0.29, 0.717) is 5.95 Å². The maximum atomic E-state index is 4.19. The standard InChI is InChI=1S/C7H12N4/c1-8-7-9-5-4-6(10-7)11(2)3/h4-5H,1-3H3,(H,8,9,10). The lowest BCUT2D eigenvalue weighted by molar-refractivity contribution is 1.04. The number of nitrogens with one attached hydrogen (secondary N) is 1. The van der Waals surface area contributed by atoms with E-state index in [1.165, 1.54) is 0 Å². The number of hydrogen-bond acceptors (Lipinski definition) is 4. The van der Waals surface area contributed by atoms with Gasteiger partial charge in [-0.3, -0.25) is 0 Å². The number of hydrogen-bond donors (Lipinski definition) is 1. The van der Waals surface area contributed by atoms with Crippen LogP contribution in [0.4, 0.5) is 11.8 Å². The predicted molar refractivity (Wildman–Crippen MR) is 45.9 cm³/mol. The SMILES string of the molecule is CNc1nccc(N(C)C)n1. The summed E-state index contributed by atoms with van der Waals surface area (Å²) in [7, 11) is 5.69. The first-order valence-electron chi connectivity index (χ1n) is 3.42. The molecule has 11 heavy (non-hydrogen) atoms. The van der Waals surface area contributed by atoms with Crippen molar-refractivity contribution >= 4 is 11.8 Å². The summed E-state index contributed by atoms with van der Waals surface area (Å²) in [4.78, 5) is 10.1. The number of rotatable bonds is 2. The summed E-state index contributed by atoms with van der Waals surface area (Å²) in [5.74, 6) is 1.56. The average molecular weight is 152 g/mol. The van der Waals surface area contributed by atoms with Crippen LogP contribution in [0.25, 0.3) is 0 Å². The number of aromatic nitrogens is 2. The summed E-state index contributed by atoms with van der Waals surface area (Å²) in [6.45, 7) is 0. The summed E-state index contributed by atoms with van der Waals surface area (Å²) in [5, 5.41) is 2.87. The molecule has 0 bridgehead atoms. The van der Waals surface area contributed by atoms with E-state index >= 15 is 0 Å². The molecule has 0 atom stereocenters. The fourth-order valence-corrected chi connectivity index (χ4v) is 0.719. The third-order valence-electron chi connectivity index (χ3n) is 1.32. The van der Waals surface area contributed by atoms with Gasteiger partial charge in [-0.1, -0.05) is 0 Å². The van der Waals surface area contributed by atoms with Gasteiger partial charge in [0.25, 0.3) is 0 Å². The summed E-state index contributed by atoms with van der Waals surface area (Å²) >= 11 is 0. The fourth-order valence-electron chi connectivity index (χ4n) is 0.719. The Bertz CT molecular complexity index is 234. The second-order valence-electron chi connectivity index (χ2n) is 2.38. The topological polar surface area (TPSA) is 41.1 Å². The molecule has 4 heteroatoms. The molecular formula is C7H12N4. The van der Waals surface area contributed by atoms with Gasteiger partial charge in [0.05, 0.1) is 0 Å². The van der Waals surface area contributed by atoms with E-state index in [0.717, 1.165) is 5.82 Å². The van der Waals surface area contributed by atoms with Crippen LogP contribution in [0.5, 0.6) is 0 Å². The molecule has 0 saturated heterocycles. The molecule has 1 aromatic heterocycles. The Labute approximate surface area is 66.3 Å². The highest BCUT2D eigenvalue weighted by molar-refractivity contribution is 5.40. The van der Waals surface area contributed by atoms with E-state index in [-0.39, 0.29) is 0 Å². The van der Waals surface area contributed by atoms with Gasteiger partial charge >= 0.3 is 0 Å². The summed E-state index contributed by atoms with van der Waals surface area (Å²) in [6, 6.07) is 1.86. The monoisotopic (exact) mass is 152 g/mol. The summed E-state index contributed by atoms with van der Waals surface area (Å²) < 4.78 is 0. The maximum Gasteiger partial charge on any atom is 0.224 e. The summed E-state index contributed by atoms with van der Waals surface area (Å²) in [6.07, 6.45) is 1.73.